The number of aromatic nitrogens is 3. The Morgan fingerprint density at radius 2 is 2.18 bits per heavy atom. The van der Waals surface area contributed by atoms with Gasteiger partial charge in [0.25, 0.3) is 0 Å². The van der Waals surface area contributed by atoms with E-state index in [9.17, 15) is 0 Å². The van der Waals surface area contributed by atoms with E-state index >= 15 is 0 Å². The summed E-state index contributed by atoms with van der Waals surface area (Å²) in [5.74, 6) is 0. The molecule has 0 fully saturated rings. The van der Waals surface area contributed by atoms with Crippen LogP contribution in [0.3, 0.4) is 0 Å². The van der Waals surface area contributed by atoms with Crippen LogP contribution in [0, 0.1) is 0 Å². The third-order valence-electron chi connectivity index (χ3n) is 2.42. The van der Waals surface area contributed by atoms with E-state index < -0.39 is 0 Å². The molecule has 0 radical (unpaired) electrons. The highest BCUT2D eigenvalue weighted by Gasteiger charge is 2.05. The summed E-state index contributed by atoms with van der Waals surface area (Å²) in [5, 5.41) is 1.35. The minimum atomic E-state index is 0.481. The van der Waals surface area contributed by atoms with Gasteiger partial charge in [-0.25, -0.2) is 9.97 Å². The van der Waals surface area contributed by atoms with E-state index in [4.69, 9.17) is 21.1 Å². The Bertz CT molecular complexity index is 487. The van der Waals surface area contributed by atoms with Gasteiger partial charge in [0.1, 0.15) is 17.1 Å². The number of methoxy groups -OCH3 is 1. The fourth-order valence-electron chi connectivity index (χ4n) is 1.56. The summed E-state index contributed by atoms with van der Waals surface area (Å²) >= 11 is 5.96. The van der Waals surface area contributed by atoms with Crippen molar-refractivity contribution in [1.82, 2.24) is 14.5 Å². The lowest BCUT2D eigenvalue weighted by atomic mass is 10.4. The van der Waals surface area contributed by atoms with E-state index in [1.54, 1.807) is 7.11 Å². The average molecular weight is 256 g/mol. The van der Waals surface area contributed by atoms with Crippen LogP contribution in [0.25, 0.3) is 11.0 Å². The molecular formula is C11H14ClN3O2. The van der Waals surface area contributed by atoms with Gasteiger partial charge in [0.15, 0.2) is 0 Å². The zero-order chi connectivity index (χ0) is 12.1. The van der Waals surface area contributed by atoms with Crippen molar-refractivity contribution in [1.29, 1.82) is 0 Å². The summed E-state index contributed by atoms with van der Waals surface area (Å²) < 4.78 is 12.3. The molecule has 0 aliphatic rings. The van der Waals surface area contributed by atoms with Crippen LogP contribution in [0.2, 0.25) is 5.15 Å². The lowest BCUT2D eigenvalue weighted by Gasteiger charge is -2.05. The SMILES string of the molecule is COCCOCCn1ccc2c(Cl)ncnc21. The van der Waals surface area contributed by atoms with Gasteiger partial charge in [0.2, 0.25) is 0 Å². The average Bonchev–Trinajstić information content (AvgIpc) is 2.74. The molecule has 6 heteroatoms. The maximum atomic E-state index is 5.96. The minimum absolute atomic E-state index is 0.481. The Labute approximate surface area is 104 Å². The summed E-state index contributed by atoms with van der Waals surface area (Å²) in [6, 6.07) is 1.91. The first kappa shape index (κ1) is 12.3. The number of halogens is 1. The normalized spacial score (nSPS) is 11.2. The minimum Gasteiger partial charge on any atom is -0.382 e. The summed E-state index contributed by atoms with van der Waals surface area (Å²) in [6.45, 7) is 2.57. The summed E-state index contributed by atoms with van der Waals surface area (Å²) in [7, 11) is 1.65. The molecule has 0 saturated heterocycles. The fourth-order valence-corrected chi connectivity index (χ4v) is 1.75. The van der Waals surface area contributed by atoms with Crippen molar-refractivity contribution in [2.24, 2.45) is 0 Å². The second-order valence-corrected chi connectivity index (χ2v) is 3.87. The van der Waals surface area contributed by atoms with Crippen molar-refractivity contribution in [2.45, 2.75) is 6.54 Å². The zero-order valence-electron chi connectivity index (χ0n) is 9.60. The maximum Gasteiger partial charge on any atom is 0.144 e. The largest absolute Gasteiger partial charge is 0.382 e. The van der Waals surface area contributed by atoms with Gasteiger partial charge in [-0.05, 0) is 6.07 Å². The van der Waals surface area contributed by atoms with Crippen LogP contribution in [-0.4, -0.2) is 41.5 Å². The Morgan fingerprint density at radius 1 is 1.29 bits per heavy atom. The van der Waals surface area contributed by atoms with Gasteiger partial charge in [-0.15, -0.1) is 0 Å². The molecule has 0 atom stereocenters. The second-order valence-electron chi connectivity index (χ2n) is 3.52. The topological polar surface area (TPSA) is 49.2 Å². The smallest absolute Gasteiger partial charge is 0.144 e. The molecule has 92 valence electrons. The number of fused-ring (bicyclic) bond motifs is 1. The van der Waals surface area contributed by atoms with E-state index in [0.717, 1.165) is 17.6 Å². The predicted molar refractivity (Wildman–Crippen MR) is 65.2 cm³/mol. The van der Waals surface area contributed by atoms with Gasteiger partial charge in [0.05, 0.1) is 25.2 Å². The van der Waals surface area contributed by atoms with Crippen molar-refractivity contribution in [3.8, 4) is 0 Å². The van der Waals surface area contributed by atoms with Crippen molar-refractivity contribution >= 4 is 22.6 Å². The highest BCUT2D eigenvalue weighted by atomic mass is 35.5. The molecule has 0 spiro atoms. The summed E-state index contributed by atoms with van der Waals surface area (Å²) in [4.78, 5) is 8.14. The lowest BCUT2D eigenvalue weighted by molar-refractivity contribution is 0.0669. The van der Waals surface area contributed by atoms with Crippen LogP contribution in [0.5, 0.6) is 0 Å². The lowest BCUT2D eigenvalue weighted by Crippen LogP contribution is -2.09. The molecule has 2 aromatic rings. The standard InChI is InChI=1S/C11H14ClN3O2/c1-16-6-7-17-5-4-15-3-2-9-10(12)13-8-14-11(9)15/h2-3,8H,4-7H2,1H3. The quantitative estimate of drug-likeness (QED) is 0.583. The van der Waals surface area contributed by atoms with E-state index in [1.165, 1.54) is 6.33 Å². The van der Waals surface area contributed by atoms with Crippen LogP contribution in [-0.2, 0) is 16.0 Å². The molecule has 0 unspecified atom stereocenters. The Hall–Kier alpha value is -1.17. The molecular weight excluding hydrogens is 242 g/mol. The van der Waals surface area contributed by atoms with Crippen LogP contribution >= 0.6 is 11.6 Å². The van der Waals surface area contributed by atoms with E-state index in [2.05, 4.69) is 9.97 Å². The molecule has 0 amide bonds. The molecule has 5 nitrogen and oxygen atoms in total. The first-order chi connectivity index (χ1) is 8.33. The highest BCUT2D eigenvalue weighted by molar-refractivity contribution is 6.33. The highest BCUT2D eigenvalue weighted by Crippen LogP contribution is 2.19. The van der Waals surface area contributed by atoms with Gasteiger partial charge in [-0.1, -0.05) is 11.6 Å². The fraction of sp³-hybridized carbons (Fsp3) is 0.455. The molecule has 0 N–H and O–H groups in total. The zero-order valence-corrected chi connectivity index (χ0v) is 10.4. The van der Waals surface area contributed by atoms with E-state index in [-0.39, 0.29) is 0 Å². The van der Waals surface area contributed by atoms with Crippen molar-refractivity contribution < 1.29 is 9.47 Å². The van der Waals surface area contributed by atoms with Crippen molar-refractivity contribution in [3.05, 3.63) is 23.7 Å². The van der Waals surface area contributed by atoms with Gasteiger partial charge in [0, 0.05) is 19.9 Å². The Balaban J connectivity index is 1.97. The van der Waals surface area contributed by atoms with Crippen LogP contribution < -0.4 is 0 Å². The number of rotatable bonds is 6. The van der Waals surface area contributed by atoms with Gasteiger partial charge < -0.3 is 14.0 Å². The molecule has 2 rings (SSSR count). The summed E-state index contributed by atoms with van der Waals surface area (Å²) in [5.41, 5.74) is 0.834. The van der Waals surface area contributed by atoms with Crippen LogP contribution in [0.1, 0.15) is 0 Å². The first-order valence-corrected chi connectivity index (χ1v) is 5.72. The van der Waals surface area contributed by atoms with Gasteiger partial charge in [-0.2, -0.15) is 0 Å². The Kier molecular flexibility index (Phi) is 4.30. The van der Waals surface area contributed by atoms with Crippen LogP contribution in [0.4, 0.5) is 0 Å². The molecule has 0 aromatic carbocycles. The van der Waals surface area contributed by atoms with Crippen LogP contribution in [0.15, 0.2) is 18.6 Å². The van der Waals surface area contributed by atoms with E-state index in [1.807, 2.05) is 16.8 Å². The predicted octanol–water partition coefficient (Wildman–Crippen LogP) is 1.75. The molecule has 0 bridgehead atoms. The maximum absolute atomic E-state index is 5.96. The number of hydrogen-bond acceptors (Lipinski definition) is 4. The van der Waals surface area contributed by atoms with Gasteiger partial charge >= 0.3 is 0 Å². The molecule has 0 aliphatic carbocycles. The van der Waals surface area contributed by atoms with Crippen molar-refractivity contribution in [2.75, 3.05) is 26.9 Å². The van der Waals surface area contributed by atoms with E-state index in [0.29, 0.717) is 25.0 Å². The van der Waals surface area contributed by atoms with Gasteiger partial charge in [-0.3, -0.25) is 0 Å². The monoisotopic (exact) mass is 255 g/mol. The Morgan fingerprint density at radius 3 is 3.00 bits per heavy atom. The third-order valence-corrected chi connectivity index (χ3v) is 2.72. The molecule has 0 aliphatic heterocycles. The van der Waals surface area contributed by atoms with Crippen molar-refractivity contribution in [3.63, 3.8) is 0 Å². The number of nitrogens with zero attached hydrogens (tertiary/aromatic N) is 3. The molecule has 0 saturated carbocycles. The summed E-state index contributed by atoms with van der Waals surface area (Å²) in [6.07, 6.45) is 3.40. The first-order valence-electron chi connectivity index (χ1n) is 5.35. The third kappa shape index (κ3) is 2.94. The molecule has 17 heavy (non-hydrogen) atoms. The molecule has 2 heterocycles. The molecule has 2 aromatic heterocycles. The number of hydrogen-bond donors (Lipinski definition) is 0. The second kappa shape index (κ2) is 5.95. The number of ether oxygens (including phenoxy) is 2.